The highest BCUT2D eigenvalue weighted by Crippen LogP contribution is 2.36. The van der Waals surface area contributed by atoms with Crippen LogP contribution in [0, 0.1) is 5.92 Å². The Morgan fingerprint density at radius 1 is 0.977 bits per heavy atom. The molecule has 2 saturated heterocycles. The van der Waals surface area contributed by atoms with Crippen LogP contribution in [-0.4, -0.2) is 87.7 Å². The van der Waals surface area contributed by atoms with Crippen molar-refractivity contribution in [2.24, 2.45) is 5.92 Å². The number of amides is 1. The van der Waals surface area contributed by atoms with Crippen LogP contribution in [0.4, 0.5) is 0 Å². The first kappa shape index (κ1) is 32.9. The lowest BCUT2D eigenvalue weighted by atomic mass is 9.79. The SMILES string of the molecule is O=C(COC1CCN(S(=O)(=O)c2c(Cl)cc(Cl)cc2Cl)C1)NC1CCC(C(CCc2ccccc2)N2CCOCC2)CC1. The number of morpholine rings is 1. The summed E-state index contributed by atoms with van der Waals surface area (Å²) in [6.45, 7) is 3.82. The van der Waals surface area contributed by atoms with Gasteiger partial charge in [0, 0.05) is 43.3 Å². The van der Waals surface area contributed by atoms with E-state index in [0.717, 1.165) is 64.8 Å². The first-order valence-electron chi connectivity index (χ1n) is 15.1. The third-order valence-corrected chi connectivity index (χ3v) is 11.9. The minimum Gasteiger partial charge on any atom is -0.379 e. The van der Waals surface area contributed by atoms with Crippen molar-refractivity contribution in [1.82, 2.24) is 14.5 Å². The summed E-state index contributed by atoms with van der Waals surface area (Å²) in [6.07, 6.45) is 6.33. The van der Waals surface area contributed by atoms with E-state index < -0.39 is 10.0 Å². The Kier molecular flexibility index (Phi) is 11.7. The van der Waals surface area contributed by atoms with E-state index in [4.69, 9.17) is 44.3 Å². The van der Waals surface area contributed by atoms with Gasteiger partial charge in [0.15, 0.2) is 0 Å². The molecule has 12 heteroatoms. The van der Waals surface area contributed by atoms with Crippen molar-refractivity contribution in [2.45, 2.75) is 68.0 Å². The van der Waals surface area contributed by atoms with Gasteiger partial charge in [-0.25, -0.2) is 8.42 Å². The Morgan fingerprint density at radius 2 is 1.65 bits per heavy atom. The molecule has 2 aromatic carbocycles. The van der Waals surface area contributed by atoms with Crippen LogP contribution in [0.3, 0.4) is 0 Å². The van der Waals surface area contributed by atoms with Crippen LogP contribution in [0.25, 0.3) is 0 Å². The molecule has 2 aromatic rings. The summed E-state index contributed by atoms with van der Waals surface area (Å²) in [5.74, 6) is 0.433. The summed E-state index contributed by atoms with van der Waals surface area (Å²) in [7, 11) is -3.93. The third-order valence-electron chi connectivity index (χ3n) is 8.89. The zero-order chi connectivity index (χ0) is 30.4. The Hall–Kier alpha value is -1.43. The molecular weight excluding hydrogens is 633 g/mol. The zero-order valence-corrected chi connectivity index (χ0v) is 27.3. The fourth-order valence-corrected chi connectivity index (χ4v) is 9.63. The first-order valence-corrected chi connectivity index (χ1v) is 17.7. The zero-order valence-electron chi connectivity index (χ0n) is 24.2. The van der Waals surface area contributed by atoms with Crippen LogP contribution in [0.5, 0.6) is 0 Å². The Bertz CT molecular complexity index is 1310. The molecule has 1 N–H and O–H groups in total. The van der Waals surface area contributed by atoms with E-state index in [1.165, 1.54) is 22.0 Å². The lowest BCUT2D eigenvalue weighted by Gasteiger charge is -2.42. The highest BCUT2D eigenvalue weighted by Gasteiger charge is 2.36. The van der Waals surface area contributed by atoms with Crippen molar-refractivity contribution in [3.05, 3.63) is 63.1 Å². The summed E-state index contributed by atoms with van der Waals surface area (Å²) in [4.78, 5) is 15.2. The number of sulfonamides is 1. The molecule has 43 heavy (non-hydrogen) atoms. The van der Waals surface area contributed by atoms with Crippen molar-refractivity contribution in [1.29, 1.82) is 0 Å². The lowest BCUT2D eigenvalue weighted by molar-refractivity contribution is -0.128. The molecule has 1 amide bonds. The number of rotatable bonds is 11. The molecule has 2 atom stereocenters. The molecule has 3 fully saturated rings. The van der Waals surface area contributed by atoms with E-state index >= 15 is 0 Å². The van der Waals surface area contributed by atoms with Crippen LogP contribution in [0.2, 0.25) is 15.1 Å². The summed E-state index contributed by atoms with van der Waals surface area (Å²) >= 11 is 18.3. The maximum absolute atomic E-state index is 13.2. The number of hydrogen-bond donors (Lipinski definition) is 1. The molecule has 0 aromatic heterocycles. The Labute approximate surface area is 270 Å². The van der Waals surface area contributed by atoms with Gasteiger partial charge in [-0.3, -0.25) is 9.69 Å². The van der Waals surface area contributed by atoms with Gasteiger partial charge < -0.3 is 14.8 Å². The first-order chi connectivity index (χ1) is 20.7. The van der Waals surface area contributed by atoms with Gasteiger partial charge in [0.05, 0.1) is 29.4 Å². The number of nitrogens with zero attached hydrogens (tertiary/aromatic N) is 2. The van der Waals surface area contributed by atoms with Crippen molar-refractivity contribution in [2.75, 3.05) is 46.0 Å². The molecule has 0 bridgehead atoms. The molecule has 1 saturated carbocycles. The number of carbonyl (C=O) groups is 1. The van der Waals surface area contributed by atoms with E-state index in [1.54, 1.807) is 0 Å². The summed E-state index contributed by atoms with van der Waals surface area (Å²) in [5, 5.41) is 3.36. The minimum atomic E-state index is -3.93. The predicted molar refractivity (Wildman–Crippen MR) is 169 cm³/mol. The van der Waals surface area contributed by atoms with Crippen LogP contribution >= 0.6 is 34.8 Å². The maximum atomic E-state index is 13.2. The van der Waals surface area contributed by atoms with Crippen molar-refractivity contribution in [3.8, 4) is 0 Å². The van der Waals surface area contributed by atoms with E-state index in [2.05, 4.69) is 40.5 Å². The monoisotopic (exact) mass is 671 g/mol. The molecule has 236 valence electrons. The molecule has 2 unspecified atom stereocenters. The summed E-state index contributed by atoms with van der Waals surface area (Å²) in [6, 6.07) is 14.0. The van der Waals surface area contributed by atoms with Gasteiger partial charge in [0.1, 0.15) is 11.5 Å². The summed E-state index contributed by atoms with van der Waals surface area (Å²) in [5.41, 5.74) is 1.38. The fourth-order valence-electron chi connectivity index (χ4n) is 6.65. The van der Waals surface area contributed by atoms with Gasteiger partial charge in [-0.05, 0) is 68.6 Å². The molecule has 1 aliphatic carbocycles. The predicted octanol–water partition coefficient (Wildman–Crippen LogP) is 5.44. The minimum absolute atomic E-state index is 0.0246. The second-order valence-corrected chi connectivity index (χ2v) is 14.8. The molecule has 5 rings (SSSR count). The fraction of sp³-hybridized carbons (Fsp3) is 0.581. The van der Waals surface area contributed by atoms with Gasteiger partial charge >= 0.3 is 0 Å². The smallest absolute Gasteiger partial charge is 0.246 e. The van der Waals surface area contributed by atoms with E-state index in [1.807, 2.05) is 0 Å². The van der Waals surface area contributed by atoms with E-state index in [9.17, 15) is 13.2 Å². The molecule has 2 aliphatic heterocycles. The topological polar surface area (TPSA) is 88.2 Å². The molecule has 0 spiro atoms. The van der Waals surface area contributed by atoms with Crippen molar-refractivity contribution in [3.63, 3.8) is 0 Å². The highest BCUT2D eigenvalue weighted by molar-refractivity contribution is 7.89. The van der Waals surface area contributed by atoms with Crippen LogP contribution < -0.4 is 5.32 Å². The number of ether oxygens (including phenoxy) is 2. The standard InChI is InChI=1S/C31H40Cl3N3O5S/c32-24-18-27(33)31(28(34)19-24)43(39,40)37-13-12-26(20-37)42-21-30(38)35-25-9-7-23(8-10-25)29(36-14-16-41-17-15-36)11-6-22-4-2-1-3-5-22/h1-5,18-19,23,25-26,29H,6-17,20-21H2,(H,35,38). The largest absolute Gasteiger partial charge is 0.379 e. The second-order valence-electron chi connectivity index (χ2n) is 11.7. The molecular formula is C31H40Cl3N3O5S. The normalized spacial score (nSPS) is 24.6. The van der Waals surface area contributed by atoms with Crippen LogP contribution in [0.15, 0.2) is 47.4 Å². The van der Waals surface area contributed by atoms with E-state index in [-0.39, 0.29) is 57.7 Å². The molecule has 3 aliphatic rings. The number of nitrogens with one attached hydrogen (secondary N) is 1. The van der Waals surface area contributed by atoms with Crippen molar-refractivity contribution < 1.29 is 22.7 Å². The maximum Gasteiger partial charge on any atom is 0.246 e. The number of aryl methyl sites for hydroxylation is 1. The van der Waals surface area contributed by atoms with E-state index in [0.29, 0.717) is 18.4 Å². The molecule has 2 heterocycles. The lowest BCUT2D eigenvalue weighted by Crippen LogP contribution is -2.49. The van der Waals surface area contributed by atoms with Gasteiger partial charge in [0.25, 0.3) is 0 Å². The van der Waals surface area contributed by atoms with Crippen molar-refractivity contribution >= 4 is 50.7 Å². The Morgan fingerprint density at radius 3 is 2.33 bits per heavy atom. The summed E-state index contributed by atoms with van der Waals surface area (Å²) < 4.78 is 39.1. The van der Waals surface area contributed by atoms with Gasteiger partial charge in [0.2, 0.25) is 15.9 Å². The average molecular weight is 673 g/mol. The number of halogens is 3. The van der Waals surface area contributed by atoms with Gasteiger partial charge in [-0.15, -0.1) is 0 Å². The third kappa shape index (κ3) is 8.64. The number of benzene rings is 2. The average Bonchev–Trinajstić information content (AvgIpc) is 3.48. The van der Waals surface area contributed by atoms with Crippen LogP contribution in [-0.2, 0) is 30.7 Å². The molecule has 0 radical (unpaired) electrons. The second kappa shape index (κ2) is 15.2. The number of hydrogen-bond acceptors (Lipinski definition) is 6. The quantitative estimate of drug-likeness (QED) is 0.343. The van der Waals surface area contributed by atoms with Gasteiger partial charge in [-0.1, -0.05) is 65.1 Å². The van der Waals surface area contributed by atoms with Crippen LogP contribution in [0.1, 0.15) is 44.1 Å². The highest BCUT2D eigenvalue weighted by atomic mass is 35.5. The number of carbonyl (C=O) groups excluding carboxylic acids is 1. The molecule has 8 nitrogen and oxygen atoms in total. The Balaban J connectivity index is 1.07. The van der Waals surface area contributed by atoms with Gasteiger partial charge in [-0.2, -0.15) is 4.31 Å².